The predicted octanol–water partition coefficient (Wildman–Crippen LogP) is 2.00. The molecular formula is C16H17F2N3O4S. The van der Waals surface area contributed by atoms with Gasteiger partial charge >= 0.3 is 0 Å². The average molecular weight is 385 g/mol. The normalized spacial score (nSPS) is 18.5. The van der Waals surface area contributed by atoms with E-state index in [0.717, 1.165) is 16.4 Å². The highest BCUT2D eigenvalue weighted by molar-refractivity contribution is 7.89. The number of halogens is 2. The maximum absolute atomic E-state index is 13.4. The van der Waals surface area contributed by atoms with Crippen molar-refractivity contribution in [2.24, 2.45) is 0 Å². The summed E-state index contributed by atoms with van der Waals surface area (Å²) in [5.74, 6) is -1.40. The van der Waals surface area contributed by atoms with Crippen LogP contribution in [0, 0.1) is 11.6 Å². The molecular weight excluding hydrogens is 368 g/mol. The molecule has 0 aliphatic carbocycles. The predicted molar refractivity (Wildman–Crippen MR) is 87.4 cm³/mol. The van der Waals surface area contributed by atoms with Crippen molar-refractivity contribution in [3.8, 4) is 11.8 Å². The van der Waals surface area contributed by atoms with Crippen molar-refractivity contribution >= 4 is 10.0 Å². The van der Waals surface area contributed by atoms with Gasteiger partial charge in [-0.2, -0.15) is 9.29 Å². The Labute approximate surface area is 149 Å². The lowest BCUT2D eigenvalue weighted by atomic mass is 10.1. The minimum absolute atomic E-state index is 0.0410. The number of methoxy groups -OCH3 is 1. The van der Waals surface area contributed by atoms with Crippen LogP contribution in [-0.2, 0) is 10.0 Å². The van der Waals surface area contributed by atoms with Gasteiger partial charge in [0.25, 0.3) is 0 Å². The lowest BCUT2D eigenvalue weighted by molar-refractivity contribution is 0.123. The molecule has 10 heteroatoms. The van der Waals surface area contributed by atoms with E-state index in [1.54, 1.807) is 0 Å². The second-order valence-electron chi connectivity index (χ2n) is 5.75. The molecule has 1 aliphatic heterocycles. The van der Waals surface area contributed by atoms with E-state index in [1.165, 1.54) is 19.5 Å². The molecule has 0 radical (unpaired) electrons. The maximum Gasteiger partial charge on any atom is 0.243 e. The molecule has 0 spiro atoms. The molecule has 2 heterocycles. The number of rotatable bonds is 5. The summed E-state index contributed by atoms with van der Waals surface area (Å²) in [6, 6.07) is 2.23. The summed E-state index contributed by atoms with van der Waals surface area (Å²) in [5, 5.41) is 0. The fourth-order valence-electron chi connectivity index (χ4n) is 2.70. The summed E-state index contributed by atoms with van der Waals surface area (Å²) in [6.07, 6.45) is 3.51. The highest BCUT2D eigenvalue weighted by atomic mass is 32.2. The van der Waals surface area contributed by atoms with Crippen molar-refractivity contribution in [2.45, 2.75) is 23.8 Å². The van der Waals surface area contributed by atoms with Crippen molar-refractivity contribution in [1.82, 2.24) is 14.3 Å². The van der Waals surface area contributed by atoms with E-state index in [0.29, 0.717) is 18.9 Å². The van der Waals surface area contributed by atoms with Crippen LogP contribution in [0.15, 0.2) is 35.5 Å². The van der Waals surface area contributed by atoms with Gasteiger partial charge in [0.1, 0.15) is 17.7 Å². The van der Waals surface area contributed by atoms with Crippen LogP contribution in [0.2, 0.25) is 0 Å². The summed E-state index contributed by atoms with van der Waals surface area (Å²) < 4.78 is 64.0. The number of benzene rings is 1. The molecule has 1 atom stereocenters. The van der Waals surface area contributed by atoms with Crippen LogP contribution in [0.5, 0.6) is 11.8 Å². The first-order valence-corrected chi connectivity index (χ1v) is 9.31. The highest BCUT2D eigenvalue weighted by Crippen LogP contribution is 2.24. The van der Waals surface area contributed by atoms with Gasteiger partial charge in [0.2, 0.25) is 21.8 Å². The van der Waals surface area contributed by atoms with Gasteiger partial charge < -0.3 is 9.47 Å². The van der Waals surface area contributed by atoms with Crippen LogP contribution in [0.4, 0.5) is 8.78 Å². The molecule has 0 bridgehead atoms. The van der Waals surface area contributed by atoms with E-state index < -0.39 is 32.7 Å². The van der Waals surface area contributed by atoms with Crippen molar-refractivity contribution in [2.75, 3.05) is 20.2 Å². The minimum Gasteiger partial charge on any atom is -0.480 e. The average Bonchev–Trinajstić information content (AvgIpc) is 2.61. The van der Waals surface area contributed by atoms with Gasteiger partial charge in [-0.1, -0.05) is 0 Å². The molecule has 0 saturated carbocycles. The first kappa shape index (κ1) is 18.5. The van der Waals surface area contributed by atoms with Gasteiger partial charge in [-0.25, -0.2) is 17.2 Å². The second kappa shape index (κ2) is 7.50. The lowest BCUT2D eigenvalue weighted by Gasteiger charge is -2.31. The summed E-state index contributed by atoms with van der Waals surface area (Å²) in [5.41, 5.74) is 0. The zero-order valence-corrected chi connectivity index (χ0v) is 14.7. The summed E-state index contributed by atoms with van der Waals surface area (Å²) >= 11 is 0. The lowest BCUT2D eigenvalue weighted by Crippen LogP contribution is -2.44. The van der Waals surface area contributed by atoms with E-state index >= 15 is 0 Å². The fraction of sp³-hybridized carbons (Fsp3) is 0.375. The van der Waals surface area contributed by atoms with Gasteiger partial charge in [-0.15, -0.1) is 0 Å². The van der Waals surface area contributed by atoms with Gasteiger partial charge in [0.15, 0.2) is 0 Å². The molecule has 0 N–H and O–H groups in total. The molecule has 1 unspecified atom stereocenters. The first-order chi connectivity index (χ1) is 12.4. The Kier molecular flexibility index (Phi) is 5.33. The van der Waals surface area contributed by atoms with Gasteiger partial charge in [-0.3, -0.25) is 4.98 Å². The zero-order valence-electron chi connectivity index (χ0n) is 13.9. The standard InChI is InChI=1S/C16H17F2N3O4S/c1-24-15-8-19-9-16(20-15)25-13-3-2-4-21(10-13)26(22,23)14-6-11(17)5-12(18)7-14/h5-9,13H,2-4,10H2,1H3. The van der Waals surface area contributed by atoms with Gasteiger partial charge in [0.05, 0.1) is 30.9 Å². The Bertz CT molecular complexity index is 875. The zero-order chi connectivity index (χ0) is 18.7. The smallest absolute Gasteiger partial charge is 0.243 e. The summed E-state index contributed by atoms with van der Waals surface area (Å²) in [7, 11) is -2.59. The highest BCUT2D eigenvalue weighted by Gasteiger charge is 2.32. The van der Waals surface area contributed by atoms with Crippen molar-refractivity contribution in [1.29, 1.82) is 0 Å². The van der Waals surface area contributed by atoms with Gasteiger partial charge in [0, 0.05) is 12.6 Å². The van der Waals surface area contributed by atoms with Crippen molar-refractivity contribution in [3.05, 3.63) is 42.2 Å². The molecule has 3 rings (SSSR count). The number of hydrogen-bond donors (Lipinski definition) is 0. The Hall–Kier alpha value is -2.33. The molecule has 1 aromatic carbocycles. The molecule has 0 amide bonds. The van der Waals surface area contributed by atoms with Crippen LogP contribution in [0.25, 0.3) is 0 Å². The van der Waals surface area contributed by atoms with E-state index in [-0.39, 0.29) is 24.8 Å². The van der Waals surface area contributed by atoms with Crippen molar-refractivity contribution in [3.63, 3.8) is 0 Å². The second-order valence-corrected chi connectivity index (χ2v) is 7.69. The van der Waals surface area contributed by atoms with Crippen molar-refractivity contribution < 1.29 is 26.7 Å². The van der Waals surface area contributed by atoms with E-state index in [1.807, 2.05) is 0 Å². The molecule has 2 aromatic rings. The van der Waals surface area contributed by atoms with Crippen LogP contribution < -0.4 is 9.47 Å². The quantitative estimate of drug-likeness (QED) is 0.783. The van der Waals surface area contributed by atoms with Crippen LogP contribution in [0.3, 0.4) is 0 Å². The third kappa shape index (κ3) is 4.07. The van der Waals surface area contributed by atoms with Gasteiger partial charge in [-0.05, 0) is 25.0 Å². The molecule has 1 fully saturated rings. The number of ether oxygens (including phenoxy) is 2. The Morgan fingerprint density at radius 1 is 1.15 bits per heavy atom. The van der Waals surface area contributed by atoms with E-state index in [9.17, 15) is 17.2 Å². The molecule has 26 heavy (non-hydrogen) atoms. The third-order valence-corrected chi connectivity index (χ3v) is 5.74. The Balaban J connectivity index is 1.76. The molecule has 7 nitrogen and oxygen atoms in total. The summed E-state index contributed by atoms with van der Waals surface area (Å²) in [6.45, 7) is 0.281. The SMILES string of the molecule is COc1cncc(OC2CCCN(S(=O)(=O)c3cc(F)cc(F)c3)C2)n1. The molecule has 1 saturated heterocycles. The first-order valence-electron chi connectivity index (χ1n) is 7.87. The van der Waals surface area contributed by atoms with Crippen LogP contribution in [0.1, 0.15) is 12.8 Å². The number of nitrogens with zero attached hydrogens (tertiary/aromatic N) is 3. The fourth-order valence-corrected chi connectivity index (χ4v) is 4.26. The Morgan fingerprint density at radius 3 is 2.54 bits per heavy atom. The van der Waals surface area contributed by atoms with E-state index in [4.69, 9.17) is 9.47 Å². The van der Waals surface area contributed by atoms with E-state index in [2.05, 4.69) is 9.97 Å². The third-order valence-electron chi connectivity index (χ3n) is 3.90. The van der Waals surface area contributed by atoms with Crippen LogP contribution in [-0.4, -0.2) is 49.0 Å². The molecule has 140 valence electrons. The topological polar surface area (TPSA) is 81.6 Å². The molecule has 1 aromatic heterocycles. The minimum atomic E-state index is -4.03. The largest absolute Gasteiger partial charge is 0.480 e. The number of piperidine rings is 1. The number of hydrogen-bond acceptors (Lipinski definition) is 6. The Morgan fingerprint density at radius 2 is 1.85 bits per heavy atom. The number of sulfonamides is 1. The summed E-state index contributed by atoms with van der Waals surface area (Å²) in [4.78, 5) is 7.59. The number of aromatic nitrogens is 2. The molecule has 1 aliphatic rings. The van der Waals surface area contributed by atoms with Crippen LogP contribution >= 0.6 is 0 Å². The monoisotopic (exact) mass is 385 g/mol. The maximum atomic E-state index is 13.4.